The number of thioether (sulfide) groups is 5. The summed E-state index contributed by atoms with van der Waals surface area (Å²) in [5, 5.41) is 41.5. The van der Waals surface area contributed by atoms with E-state index in [1.165, 1.54) is 65.7 Å². The van der Waals surface area contributed by atoms with Gasteiger partial charge in [0.05, 0.1) is 8.47 Å². The van der Waals surface area contributed by atoms with E-state index in [1.54, 1.807) is 71.0 Å². The Labute approximate surface area is 669 Å². The van der Waals surface area contributed by atoms with Gasteiger partial charge in [0.1, 0.15) is 35.4 Å². The van der Waals surface area contributed by atoms with Gasteiger partial charge in [-0.15, -0.1) is 34.9 Å². The van der Waals surface area contributed by atoms with Crippen LogP contribution in [0, 0.1) is 74.0 Å². The number of aryl methyl sites for hydroxylation is 4. The molecule has 2 heterocycles. The number of benzene rings is 7. The number of thiophene rings is 1. The van der Waals surface area contributed by atoms with Crippen molar-refractivity contribution in [3.63, 3.8) is 0 Å². The lowest BCUT2D eigenvalue weighted by atomic mass is 9.82. The average molecular weight is 1570 g/mol. The molecular formula is C94H84F4N4O2S6. The molecule has 0 bridgehead atoms. The van der Waals surface area contributed by atoms with Gasteiger partial charge < -0.3 is 0 Å². The number of Topliss-reactive ketones (excluding diaryl/α,β-unsaturated/α-hetero) is 2. The third-order valence-electron chi connectivity index (χ3n) is 21.2. The van der Waals surface area contributed by atoms with E-state index in [9.17, 15) is 30.6 Å². The number of nitrogens with zero attached hydrogens (tertiary/aromatic N) is 4. The zero-order valence-corrected chi connectivity index (χ0v) is 67.4. The first-order chi connectivity index (χ1) is 53.5. The number of halogens is 4. The van der Waals surface area contributed by atoms with E-state index in [1.807, 2.05) is 24.3 Å². The van der Waals surface area contributed by atoms with Gasteiger partial charge in [-0.05, 0) is 204 Å². The zero-order chi connectivity index (χ0) is 77.2. The predicted molar refractivity (Wildman–Crippen MR) is 449 cm³/mol. The lowest BCUT2D eigenvalue weighted by Gasteiger charge is -2.27. The summed E-state index contributed by atoms with van der Waals surface area (Å²) in [6.45, 7) is 11.1. The highest BCUT2D eigenvalue weighted by atomic mass is 32.2. The first-order valence-electron chi connectivity index (χ1n) is 38.4. The number of hydrogen-bond acceptors (Lipinski definition) is 12. The van der Waals surface area contributed by atoms with Crippen LogP contribution in [-0.2, 0) is 31.4 Å². The predicted octanol–water partition coefficient (Wildman–Crippen LogP) is 27.9. The van der Waals surface area contributed by atoms with Crippen molar-refractivity contribution >= 4 is 110 Å². The average Bonchev–Trinajstić information content (AvgIpc) is 1.53. The van der Waals surface area contributed by atoms with E-state index in [4.69, 9.17) is 0 Å². The van der Waals surface area contributed by atoms with Crippen molar-refractivity contribution in [3.8, 4) is 34.7 Å². The number of carbonyl (C=O) groups is 2. The quantitative estimate of drug-likeness (QED) is 0.0135. The van der Waals surface area contributed by atoms with Gasteiger partial charge >= 0.3 is 0 Å². The maximum Gasteiger partial charge on any atom is 0.194 e. The van der Waals surface area contributed by atoms with Gasteiger partial charge in [0.25, 0.3) is 0 Å². The van der Waals surface area contributed by atoms with Gasteiger partial charge in [-0.1, -0.05) is 214 Å². The molecule has 0 spiro atoms. The van der Waals surface area contributed by atoms with E-state index in [2.05, 4.69) is 156 Å². The van der Waals surface area contributed by atoms with Crippen LogP contribution >= 0.6 is 70.1 Å². The Balaban J connectivity index is 1.05. The Kier molecular flexibility index (Phi) is 26.0. The molecule has 0 radical (unpaired) electrons. The Bertz CT molecular complexity index is 5250. The van der Waals surface area contributed by atoms with E-state index in [0.717, 1.165) is 193 Å². The molecule has 0 saturated carbocycles. The van der Waals surface area contributed by atoms with Crippen LogP contribution in [0.15, 0.2) is 202 Å². The van der Waals surface area contributed by atoms with Crippen molar-refractivity contribution < 1.29 is 27.2 Å². The summed E-state index contributed by atoms with van der Waals surface area (Å²) in [5.74, 6) is -5.51. The molecule has 1 aromatic heterocycles. The summed E-state index contributed by atoms with van der Waals surface area (Å²) >= 11 is 9.85. The Hall–Kier alpha value is -8.81. The van der Waals surface area contributed by atoms with Crippen LogP contribution in [0.25, 0.3) is 38.8 Å². The van der Waals surface area contributed by atoms with Gasteiger partial charge in [0.2, 0.25) is 0 Å². The first-order valence-corrected chi connectivity index (χ1v) is 43.5. The van der Waals surface area contributed by atoms with Gasteiger partial charge in [-0.25, -0.2) is 17.6 Å². The molecule has 0 N–H and O–H groups in total. The normalized spacial score (nSPS) is 16.8. The fraction of sp³-hybridized carbons (Fsp3) is 0.298. The van der Waals surface area contributed by atoms with Crippen LogP contribution < -0.4 is 0 Å². The molecule has 7 aromatic carbocycles. The third kappa shape index (κ3) is 17.0. The molecule has 4 aliphatic carbocycles. The highest BCUT2D eigenvalue weighted by Gasteiger charge is 2.52. The number of nitriles is 4. The van der Waals surface area contributed by atoms with E-state index in [0.29, 0.717) is 15.5 Å². The summed E-state index contributed by atoms with van der Waals surface area (Å²) in [6.07, 6.45) is 27.8. The molecule has 13 rings (SSSR count). The van der Waals surface area contributed by atoms with Crippen molar-refractivity contribution in [1.82, 2.24) is 0 Å². The van der Waals surface area contributed by atoms with Crippen LogP contribution in [0.5, 0.6) is 0 Å². The minimum atomic E-state index is -1.23. The fourth-order valence-corrected chi connectivity index (χ4v) is 23.0. The number of rotatable bonds is 31. The minimum absolute atomic E-state index is 0.00698. The maximum absolute atomic E-state index is 15.3. The second-order valence-electron chi connectivity index (χ2n) is 29.0. The first kappa shape index (κ1) is 79.3. The monoisotopic (exact) mass is 1570 g/mol. The lowest BCUT2D eigenvalue weighted by molar-refractivity contribution is 0.103. The van der Waals surface area contributed by atoms with E-state index >= 15 is 17.6 Å². The number of allylic oxidation sites excluding steroid dienone is 9. The second-order valence-corrected chi connectivity index (χ2v) is 36.0. The SMILES string of the molecule is CCCCCCc1ccc(CS/C(Sc2ccc(CCCCCC)cc2)=C2\c3cc4c(cc3C3SC(/C=C5\C(=O)c6cc(F)c(F)cc6C5=C(C#N)C#N)=CC23C)C(=C(Sc2ccc(CCCCCC)cc2)Sc2ccc(CCCCCC)cc2)c2cc(/C=C3\C(=O)c5cc(F)c(F)cc5C3=C(C#N)C#N)sc2-4)cc1. The van der Waals surface area contributed by atoms with Crippen LogP contribution in [0.1, 0.15) is 229 Å². The van der Waals surface area contributed by atoms with Crippen LogP contribution in [0.3, 0.4) is 0 Å². The van der Waals surface area contributed by atoms with Crippen molar-refractivity contribution in [2.24, 2.45) is 5.41 Å². The van der Waals surface area contributed by atoms with Crippen molar-refractivity contribution in [2.75, 3.05) is 0 Å². The highest BCUT2D eigenvalue weighted by molar-refractivity contribution is 8.22. The molecular weight excluding hydrogens is 1490 g/mol. The molecule has 5 aliphatic rings. The number of carbonyl (C=O) groups excluding carboxylic acids is 2. The third-order valence-corrected chi connectivity index (χ3v) is 28.6. The van der Waals surface area contributed by atoms with E-state index < -0.39 is 51.4 Å². The summed E-state index contributed by atoms with van der Waals surface area (Å²) in [4.78, 5) is 34.8. The van der Waals surface area contributed by atoms with Gasteiger partial charge in [0, 0.05) is 95.9 Å². The number of unbranched alkanes of at least 4 members (excludes halogenated alkanes) is 12. The molecule has 556 valence electrons. The molecule has 16 heteroatoms. The number of hydrogen-bond donors (Lipinski definition) is 0. The Morgan fingerprint density at radius 3 is 1.25 bits per heavy atom. The summed E-state index contributed by atoms with van der Waals surface area (Å²) in [5.41, 5.74) is 10.9. The molecule has 2 atom stereocenters. The molecule has 0 saturated heterocycles. The topological polar surface area (TPSA) is 129 Å². The summed E-state index contributed by atoms with van der Waals surface area (Å²) in [7, 11) is 0. The van der Waals surface area contributed by atoms with Crippen molar-refractivity contribution in [2.45, 2.75) is 189 Å². The summed E-state index contributed by atoms with van der Waals surface area (Å²) in [6, 6.07) is 53.5. The van der Waals surface area contributed by atoms with E-state index in [-0.39, 0.29) is 49.8 Å². The number of ketones is 2. The zero-order valence-electron chi connectivity index (χ0n) is 62.5. The standard InChI is InChI=1S/C94H84F4N4O2S6/c1-6-10-14-18-22-57-26-28-61(29-27-57)56-105-93(110-66-40-34-60(35-41-66)25-21-17-13-9-4)87-72-46-75-69(45-76(72)91-94(87,5)51-68(107-91)44-78-85(63(54-101)55-102)71-48-81(96)83(98)50-74(71)89(78)104)86(79-43-67(106-90(75)79)42-77-84(62(52-99)53-100)70-47-80(95)82(97)49-73(70)88(77)103)92(108-64-36-30-58(31-37-64)23-19-15-11-7-2)109-65-38-32-59(33-39-65)24-20-16-12-8-3/h26-51,91H,6-25,56H2,1-5H3/b77-42-,78-44-,93-87-. The minimum Gasteiger partial charge on any atom is -0.289 e. The van der Waals surface area contributed by atoms with Gasteiger partial charge in [0.15, 0.2) is 34.8 Å². The van der Waals surface area contributed by atoms with Gasteiger partial charge in [-0.2, -0.15) is 21.0 Å². The summed E-state index contributed by atoms with van der Waals surface area (Å²) < 4.78 is 63.0. The van der Waals surface area contributed by atoms with Crippen LogP contribution in [0.2, 0.25) is 0 Å². The molecule has 1 aliphatic heterocycles. The smallest absolute Gasteiger partial charge is 0.194 e. The number of fused-ring (bicyclic) bond motifs is 8. The molecule has 0 amide bonds. The van der Waals surface area contributed by atoms with Crippen LogP contribution in [-0.4, -0.2) is 11.6 Å². The Morgan fingerprint density at radius 2 is 0.827 bits per heavy atom. The molecule has 2 unspecified atom stereocenters. The maximum atomic E-state index is 15.3. The largest absolute Gasteiger partial charge is 0.289 e. The van der Waals surface area contributed by atoms with Crippen molar-refractivity contribution in [3.05, 3.63) is 288 Å². The van der Waals surface area contributed by atoms with Crippen molar-refractivity contribution in [1.29, 1.82) is 21.0 Å². The fourth-order valence-electron chi connectivity index (χ4n) is 15.4. The lowest BCUT2D eigenvalue weighted by Crippen LogP contribution is -2.13. The molecule has 8 aromatic rings. The van der Waals surface area contributed by atoms with Gasteiger partial charge in [-0.3, -0.25) is 9.59 Å². The molecule has 6 nitrogen and oxygen atoms in total. The molecule has 110 heavy (non-hydrogen) atoms. The van der Waals surface area contributed by atoms with Crippen LogP contribution in [0.4, 0.5) is 17.6 Å². The second kappa shape index (κ2) is 36.1. The Morgan fingerprint density at radius 1 is 0.436 bits per heavy atom. The highest BCUT2D eigenvalue weighted by Crippen LogP contribution is 2.71. The molecule has 0 fully saturated rings.